The average Bonchev–Trinajstić information content (AvgIpc) is 3.25. The van der Waals surface area contributed by atoms with Gasteiger partial charge in [0.15, 0.2) is 0 Å². The Balaban J connectivity index is 1.61. The molecule has 0 N–H and O–H groups in total. The van der Waals surface area contributed by atoms with Crippen molar-refractivity contribution >= 4 is 6.09 Å². The number of ether oxygens (including phenoxy) is 2. The Bertz CT molecular complexity index is 619. The predicted octanol–water partition coefficient (Wildman–Crippen LogP) is 4.02. The monoisotopic (exact) mass is 329 g/mol. The molecule has 4 rings (SSSR count). The Morgan fingerprint density at radius 3 is 2.71 bits per heavy atom. The number of benzene rings is 1. The number of likely N-dealkylation sites (N-methyl/N-ethyl adjacent to an activating group) is 1. The van der Waals surface area contributed by atoms with Gasteiger partial charge in [-0.15, -0.1) is 0 Å². The van der Waals surface area contributed by atoms with E-state index in [0.717, 1.165) is 5.92 Å². The van der Waals surface area contributed by atoms with E-state index >= 15 is 0 Å². The largest absolute Gasteiger partial charge is 0.420 e. The summed E-state index contributed by atoms with van der Waals surface area (Å²) in [5, 5.41) is 0. The van der Waals surface area contributed by atoms with Gasteiger partial charge < -0.3 is 14.4 Å². The van der Waals surface area contributed by atoms with Crippen molar-refractivity contribution in [2.24, 2.45) is 17.3 Å². The van der Waals surface area contributed by atoms with Crippen molar-refractivity contribution in [2.45, 2.75) is 51.4 Å². The van der Waals surface area contributed by atoms with Crippen LogP contribution in [0, 0.1) is 17.3 Å². The first-order valence-electron chi connectivity index (χ1n) is 9.18. The molecule has 1 aromatic carbocycles. The van der Waals surface area contributed by atoms with Crippen molar-refractivity contribution < 1.29 is 14.3 Å². The SMILES string of the molecule is CCN(C(=O)OC(C)OC)C1C2CCC3CC32C1c1ccccc1. The van der Waals surface area contributed by atoms with Crippen LogP contribution in [-0.4, -0.2) is 37.0 Å². The van der Waals surface area contributed by atoms with Gasteiger partial charge in [0.2, 0.25) is 6.29 Å². The van der Waals surface area contributed by atoms with Crippen LogP contribution < -0.4 is 0 Å². The van der Waals surface area contributed by atoms with Crippen LogP contribution >= 0.6 is 0 Å². The summed E-state index contributed by atoms with van der Waals surface area (Å²) in [6, 6.07) is 11.0. The molecule has 6 unspecified atom stereocenters. The summed E-state index contributed by atoms with van der Waals surface area (Å²) < 4.78 is 10.6. The summed E-state index contributed by atoms with van der Waals surface area (Å²) in [5.74, 6) is 1.97. The lowest BCUT2D eigenvalue weighted by atomic mass is 9.55. The van der Waals surface area contributed by atoms with E-state index in [1.165, 1.54) is 24.8 Å². The lowest BCUT2D eigenvalue weighted by Gasteiger charge is -2.56. The second-order valence-corrected chi connectivity index (χ2v) is 7.55. The Hall–Kier alpha value is -1.55. The zero-order valence-corrected chi connectivity index (χ0v) is 14.8. The standard InChI is InChI=1S/C20H27NO3/c1-4-21(19(22)24-13(2)23-3)18-16-11-10-15-12-20(15,16)17(18)14-8-6-5-7-9-14/h5-9,13,15-18H,4,10-12H2,1-3H3. The molecule has 3 aliphatic rings. The number of nitrogens with zero attached hydrogens (tertiary/aromatic N) is 1. The van der Waals surface area contributed by atoms with E-state index < -0.39 is 6.29 Å². The summed E-state index contributed by atoms with van der Waals surface area (Å²) in [7, 11) is 1.56. The highest BCUT2D eigenvalue weighted by molar-refractivity contribution is 5.69. The molecule has 3 aliphatic carbocycles. The number of carbonyl (C=O) groups excluding carboxylic acids is 1. The maximum absolute atomic E-state index is 12.7. The van der Waals surface area contributed by atoms with Crippen LogP contribution in [0.25, 0.3) is 0 Å². The van der Waals surface area contributed by atoms with Crippen LogP contribution in [0.2, 0.25) is 0 Å². The molecule has 1 amide bonds. The summed E-state index contributed by atoms with van der Waals surface area (Å²) in [5.41, 5.74) is 1.85. The third-order valence-electron chi connectivity index (χ3n) is 6.74. The summed E-state index contributed by atoms with van der Waals surface area (Å²) >= 11 is 0. The van der Waals surface area contributed by atoms with Gasteiger partial charge in [-0.3, -0.25) is 0 Å². The Labute approximate surface area is 144 Å². The normalized spacial score (nSPS) is 37.0. The smallest absolute Gasteiger partial charge is 0.412 e. The number of carbonyl (C=O) groups is 1. The van der Waals surface area contributed by atoms with Crippen LogP contribution in [0.1, 0.15) is 44.6 Å². The fourth-order valence-corrected chi connectivity index (χ4v) is 5.66. The van der Waals surface area contributed by atoms with E-state index in [9.17, 15) is 4.79 Å². The van der Waals surface area contributed by atoms with Gasteiger partial charge in [0, 0.05) is 25.6 Å². The van der Waals surface area contributed by atoms with Crippen molar-refractivity contribution in [3.8, 4) is 0 Å². The number of amides is 1. The number of methoxy groups -OCH3 is 1. The minimum atomic E-state index is -0.506. The molecule has 1 aromatic rings. The van der Waals surface area contributed by atoms with E-state index in [1.807, 2.05) is 11.8 Å². The van der Waals surface area contributed by atoms with Gasteiger partial charge >= 0.3 is 6.09 Å². The van der Waals surface area contributed by atoms with Crippen LogP contribution in [0.3, 0.4) is 0 Å². The van der Waals surface area contributed by atoms with Gasteiger partial charge in [0.05, 0.1) is 0 Å². The first kappa shape index (κ1) is 15.9. The number of hydrogen-bond donors (Lipinski definition) is 0. The zero-order valence-electron chi connectivity index (χ0n) is 14.8. The molecule has 3 saturated carbocycles. The molecule has 24 heavy (non-hydrogen) atoms. The molecule has 4 heteroatoms. The third-order valence-corrected chi connectivity index (χ3v) is 6.74. The number of hydrogen-bond acceptors (Lipinski definition) is 3. The van der Waals surface area contributed by atoms with Crippen molar-refractivity contribution in [3.05, 3.63) is 35.9 Å². The molecule has 1 spiro atoms. The van der Waals surface area contributed by atoms with E-state index in [0.29, 0.717) is 23.8 Å². The molecular formula is C20H27NO3. The van der Waals surface area contributed by atoms with Crippen LogP contribution in [-0.2, 0) is 9.47 Å². The van der Waals surface area contributed by atoms with Crippen molar-refractivity contribution in [2.75, 3.05) is 13.7 Å². The highest BCUT2D eigenvalue weighted by atomic mass is 16.7. The molecular weight excluding hydrogens is 302 g/mol. The van der Waals surface area contributed by atoms with Gasteiger partial charge in [0.25, 0.3) is 0 Å². The lowest BCUT2D eigenvalue weighted by Crippen LogP contribution is -2.60. The minimum Gasteiger partial charge on any atom is -0.420 e. The Morgan fingerprint density at radius 1 is 1.33 bits per heavy atom. The quantitative estimate of drug-likeness (QED) is 0.766. The first-order chi connectivity index (χ1) is 11.6. The Morgan fingerprint density at radius 2 is 2.08 bits per heavy atom. The fourth-order valence-electron chi connectivity index (χ4n) is 5.66. The minimum absolute atomic E-state index is 0.239. The van der Waals surface area contributed by atoms with Gasteiger partial charge in [-0.25, -0.2) is 4.79 Å². The van der Waals surface area contributed by atoms with Crippen LogP contribution in [0.4, 0.5) is 4.79 Å². The van der Waals surface area contributed by atoms with Crippen LogP contribution in [0.15, 0.2) is 30.3 Å². The molecule has 3 fully saturated rings. The van der Waals surface area contributed by atoms with Crippen molar-refractivity contribution in [1.82, 2.24) is 4.90 Å². The molecule has 6 atom stereocenters. The molecule has 0 aromatic heterocycles. The van der Waals surface area contributed by atoms with Gasteiger partial charge in [-0.05, 0) is 55.9 Å². The molecule has 130 valence electrons. The van der Waals surface area contributed by atoms with Gasteiger partial charge in [0.1, 0.15) is 0 Å². The summed E-state index contributed by atoms with van der Waals surface area (Å²) in [6.45, 7) is 4.49. The maximum Gasteiger partial charge on any atom is 0.412 e. The first-order valence-corrected chi connectivity index (χ1v) is 9.18. The topological polar surface area (TPSA) is 38.8 Å². The van der Waals surface area contributed by atoms with E-state index in [4.69, 9.17) is 9.47 Å². The summed E-state index contributed by atoms with van der Waals surface area (Å²) in [4.78, 5) is 14.6. The second kappa shape index (κ2) is 5.76. The molecule has 0 aliphatic heterocycles. The van der Waals surface area contributed by atoms with E-state index in [2.05, 4.69) is 30.3 Å². The van der Waals surface area contributed by atoms with Crippen molar-refractivity contribution in [3.63, 3.8) is 0 Å². The highest BCUT2D eigenvalue weighted by Crippen LogP contribution is 2.81. The Kier molecular flexibility index (Phi) is 3.83. The molecule has 0 saturated heterocycles. The lowest BCUT2D eigenvalue weighted by molar-refractivity contribution is -0.0960. The zero-order chi connectivity index (χ0) is 16.9. The second-order valence-electron chi connectivity index (χ2n) is 7.55. The van der Waals surface area contributed by atoms with Gasteiger partial charge in [-0.2, -0.15) is 0 Å². The molecule has 0 heterocycles. The van der Waals surface area contributed by atoms with E-state index in [-0.39, 0.29) is 12.1 Å². The molecule has 0 bridgehead atoms. The summed E-state index contributed by atoms with van der Waals surface area (Å²) in [6.07, 6.45) is 3.17. The molecule has 4 nitrogen and oxygen atoms in total. The average molecular weight is 329 g/mol. The highest BCUT2D eigenvalue weighted by Gasteiger charge is 2.77. The number of rotatable bonds is 5. The molecule has 0 radical (unpaired) electrons. The van der Waals surface area contributed by atoms with Gasteiger partial charge in [-0.1, -0.05) is 30.3 Å². The third kappa shape index (κ3) is 2.12. The van der Waals surface area contributed by atoms with Crippen molar-refractivity contribution in [1.29, 1.82) is 0 Å². The van der Waals surface area contributed by atoms with E-state index in [1.54, 1.807) is 14.0 Å². The fraction of sp³-hybridized carbons (Fsp3) is 0.650. The predicted molar refractivity (Wildman–Crippen MR) is 91.6 cm³/mol. The van der Waals surface area contributed by atoms with Crippen LogP contribution in [0.5, 0.6) is 0 Å². The maximum atomic E-state index is 12.7.